The largest absolute Gasteiger partial charge is 0.325 e. The molecule has 3 rings (SSSR count). The number of rotatable bonds is 6. The molecule has 3 aromatic rings. The standard InChI is InChI=1S/C22H18ClNO2S/c1-15-7-10-18(11-8-15)27-14-21(25)24-20-12-9-17(23)13-19(20)22(26)16-5-3-2-4-6-16/h2-13H,14H2,1H3,(H,24,25). The van der Waals surface area contributed by atoms with Crippen LogP contribution in [-0.4, -0.2) is 17.4 Å². The predicted molar refractivity (Wildman–Crippen MR) is 112 cm³/mol. The Morgan fingerprint density at radius 3 is 2.37 bits per heavy atom. The first kappa shape index (κ1) is 19.2. The topological polar surface area (TPSA) is 46.2 Å². The number of thioether (sulfide) groups is 1. The van der Waals surface area contributed by atoms with Crippen molar-refractivity contribution in [3.63, 3.8) is 0 Å². The molecule has 0 aliphatic rings. The highest BCUT2D eigenvalue weighted by molar-refractivity contribution is 8.00. The summed E-state index contributed by atoms with van der Waals surface area (Å²) in [4.78, 5) is 26.2. The first-order valence-corrected chi connectivity index (χ1v) is 9.78. The molecule has 0 radical (unpaired) electrons. The number of anilines is 1. The van der Waals surface area contributed by atoms with Crippen LogP contribution in [0.2, 0.25) is 5.02 Å². The molecule has 1 N–H and O–H groups in total. The van der Waals surface area contributed by atoms with Gasteiger partial charge in [-0.3, -0.25) is 9.59 Å². The minimum atomic E-state index is -0.181. The summed E-state index contributed by atoms with van der Waals surface area (Å²) in [7, 11) is 0. The average Bonchev–Trinajstić information content (AvgIpc) is 2.69. The molecular weight excluding hydrogens is 378 g/mol. The number of hydrogen-bond donors (Lipinski definition) is 1. The molecule has 0 bridgehead atoms. The van der Waals surface area contributed by atoms with E-state index in [1.165, 1.54) is 17.3 Å². The van der Waals surface area contributed by atoms with Crippen LogP contribution in [0.4, 0.5) is 5.69 Å². The van der Waals surface area contributed by atoms with Crippen LogP contribution in [0.5, 0.6) is 0 Å². The number of ketones is 1. The summed E-state index contributed by atoms with van der Waals surface area (Å²) < 4.78 is 0. The molecule has 3 aromatic carbocycles. The van der Waals surface area contributed by atoms with Crippen LogP contribution in [-0.2, 0) is 4.79 Å². The van der Waals surface area contributed by atoms with Gasteiger partial charge in [0.2, 0.25) is 5.91 Å². The summed E-state index contributed by atoms with van der Waals surface area (Å²) in [5.41, 5.74) is 2.56. The van der Waals surface area contributed by atoms with Gasteiger partial charge in [0.05, 0.1) is 11.4 Å². The summed E-state index contributed by atoms with van der Waals surface area (Å²) >= 11 is 7.52. The number of hydrogen-bond acceptors (Lipinski definition) is 3. The van der Waals surface area contributed by atoms with E-state index in [2.05, 4.69) is 5.32 Å². The van der Waals surface area contributed by atoms with Crippen molar-refractivity contribution in [1.29, 1.82) is 0 Å². The highest BCUT2D eigenvalue weighted by Crippen LogP contribution is 2.25. The van der Waals surface area contributed by atoms with Crippen LogP contribution in [0.1, 0.15) is 21.5 Å². The van der Waals surface area contributed by atoms with E-state index in [0.29, 0.717) is 21.8 Å². The Hall–Kier alpha value is -2.56. The minimum absolute atomic E-state index is 0.176. The Morgan fingerprint density at radius 2 is 1.67 bits per heavy atom. The monoisotopic (exact) mass is 395 g/mol. The van der Waals surface area contributed by atoms with E-state index in [4.69, 9.17) is 11.6 Å². The minimum Gasteiger partial charge on any atom is -0.325 e. The van der Waals surface area contributed by atoms with Gasteiger partial charge in [-0.2, -0.15) is 0 Å². The molecule has 0 fully saturated rings. The fraction of sp³-hybridized carbons (Fsp3) is 0.0909. The number of carbonyl (C=O) groups is 2. The molecular formula is C22H18ClNO2S. The average molecular weight is 396 g/mol. The normalized spacial score (nSPS) is 10.4. The Morgan fingerprint density at radius 1 is 0.963 bits per heavy atom. The second-order valence-electron chi connectivity index (χ2n) is 6.03. The molecule has 27 heavy (non-hydrogen) atoms. The lowest BCUT2D eigenvalue weighted by Crippen LogP contribution is -2.17. The van der Waals surface area contributed by atoms with Crippen LogP contribution in [0.15, 0.2) is 77.7 Å². The number of amides is 1. The summed E-state index contributed by atoms with van der Waals surface area (Å²) in [5, 5.41) is 3.28. The van der Waals surface area contributed by atoms with Gasteiger partial charge in [0.25, 0.3) is 0 Å². The summed E-state index contributed by atoms with van der Waals surface area (Å²) in [5.74, 6) is -0.102. The van der Waals surface area contributed by atoms with Crippen LogP contribution >= 0.6 is 23.4 Å². The number of halogens is 1. The van der Waals surface area contributed by atoms with E-state index in [-0.39, 0.29) is 17.4 Å². The molecule has 0 spiro atoms. The number of aryl methyl sites for hydroxylation is 1. The zero-order valence-corrected chi connectivity index (χ0v) is 16.3. The molecule has 136 valence electrons. The highest BCUT2D eigenvalue weighted by Gasteiger charge is 2.16. The molecule has 0 unspecified atom stereocenters. The number of nitrogens with one attached hydrogen (secondary N) is 1. The number of benzene rings is 3. The maximum Gasteiger partial charge on any atom is 0.234 e. The first-order valence-electron chi connectivity index (χ1n) is 8.41. The Bertz CT molecular complexity index is 956. The molecule has 3 nitrogen and oxygen atoms in total. The zero-order valence-electron chi connectivity index (χ0n) is 14.7. The SMILES string of the molecule is Cc1ccc(SCC(=O)Nc2ccc(Cl)cc2C(=O)c2ccccc2)cc1. The molecule has 0 heterocycles. The van der Waals surface area contributed by atoms with E-state index in [1.807, 2.05) is 37.3 Å². The zero-order chi connectivity index (χ0) is 19.2. The third-order valence-corrected chi connectivity index (χ3v) is 5.17. The first-order chi connectivity index (χ1) is 13.0. The van der Waals surface area contributed by atoms with E-state index in [1.54, 1.807) is 42.5 Å². The van der Waals surface area contributed by atoms with Crippen LogP contribution < -0.4 is 5.32 Å². The van der Waals surface area contributed by atoms with Gasteiger partial charge in [-0.25, -0.2) is 0 Å². The second-order valence-corrected chi connectivity index (χ2v) is 7.52. The van der Waals surface area contributed by atoms with Gasteiger partial charge in [-0.1, -0.05) is 59.6 Å². The highest BCUT2D eigenvalue weighted by atomic mass is 35.5. The Balaban J connectivity index is 1.73. The van der Waals surface area contributed by atoms with Crippen molar-refractivity contribution in [2.75, 3.05) is 11.1 Å². The maximum absolute atomic E-state index is 12.8. The van der Waals surface area contributed by atoms with Crippen LogP contribution in [0.3, 0.4) is 0 Å². The summed E-state index contributed by atoms with van der Waals surface area (Å²) in [6.07, 6.45) is 0. The molecule has 0 atom stereocenters. The quantitative estimate of drug-likeness (QED) is 0.435. The van der Waals surface area contributed by atoms with E-state index < -0.39 is 0 Å². The van der Waals surface area contributed by atoms with Crippen molar-refractivity contribution in [2.45, 2.75) is 11.8 Å². The van der Waals surface area contributed by atoms with Crippen LogP contribution in [0.25, 0.3) is 0 Å². The fourth-order valence-corrected chi connectivity index (χ4v) is 3.40. The van der Waals surface area contributed by atoms with Gasteiger partial charge in [-0.15, -0.1) is 11.8 Å². The van der Waals surface area contributed by atoms with Crippen molar-refractivity contribution in [2.24, 2.45) is 0 Å². The third kappa shape index (κ3) is 5.22. The second kappa shape index (κ2) is 8.89. The van der Waals surface area contributed by atoms with Crippen LogP contribution in [0, 0.1) is 6.92 Å². The molecule has 0 aliphatic carbocycles. The molecule has 0 saturated heterocycles. The van der Waals surface area contributed by atoms with Crippen molar-refractivity contribution in [3.8, 4) is 0 Å². The molecule has 0 saturated carbocycles. The van der Waals surface area contributed by atoms with E-state index in [0.717, 1.165) is 4.90 Å². The maximum atomic E-state index is 12.8. The van der Waals surface area contributed by atoms with Gasteiger partial charge < -0.3 is 5.32 Å². The Kier molecular flexibility index (Phi) is 6.32. The lowest BCUT2D eigenvalue weighted by atomic mass is 10.0. The third-order valence-electron chi connectivity index (χ3n) is 3.93. The molecule has 0 aromatic heterocycles. The summed E-state index contributed by atoms with van der Waals surface area (Å²) in [6, 6.07) is 21.8. The van der Waals surface area contributed by atoms with E-state index in [9.17, 15) is 9.59 Å². The predicted octanol–water partition coefficient (Wildman–Crippen LogP) is 5.61. The molecule has 5 heteroatoms. The van der Waals surface area contributed by atoms with Gasteiger partial charge in [0, 0.05) is 21.0 Å². The van der Waals surface area contributed by atoms with Crippen molar-refractivity contribution in [1.82, 2.24) is 0 Å². The van der Waals surface area contributed by atoms with Gasteiger partial charge in [-0.05, 0) is 37.3 Å². The molecule has 1 amide bonds. The van der Waals surface area contributed by atoms with Crippen molar-refractivity contribution < 1.29 is 9.59 Å². The fourth-order valence-electron chi connectivity index (χ4n) is 2.53. The molecule has 0 aliphatic heterocycles. The van der Waals surface area contributed by atoms with Crippen molar-refractivity contribution in [3.05, 3.63) is 94.5 Å². The van der Waals surface area contributed by atoms with E-state index >= 15 is 0 Å². The lowest BCUT2D eigenvalue weighted by Gasteiger charge is -2.11. The summed E-state index contributed by atoms with van der Waals surface area (Å²) in [6.45, 7) is 2.02. The lowest BCUT2D eigenvalue weighted by molar-refractivity contribution is -0.113. The van der Waals surface area contributed by atoms with Crippen molar-refractivity contribution >= 4 is 40.7 Å². The Labute approximate surface area is 167 Å². The van der Waals surface area contributed by atoms with Gasteiger partial charge in [0.1, 0.15) is 0 Å². The number of carbonyl (C=O) groups excluding carboxylic acids is 2. The van der Waals surface area contributed by atoms with Gasteiger partial charge in [0.15, 0.2) is 5.78 Å². The van der Waals surface area contributed by atoms with Gasteiger partial charge >= 0.3 is 0 Å². The smallest absolute Gasteiger partial charge is 0.234 e.